The van der Waals surface area contributed by atoms with E-state index in [0.717, 1.165) is 27.8 Å². The molecule has 1 fully saturated rings. The third-order valence-corrected chi connectivity index (χ3v) is 5.64. The lowest BCUT2D eigenvalue weighted by Crippen LogP contribution is -2.30. The smallest absolute Gasteiger partial charge is 0.416 e. The first-order valence-corrected chi connectivity index (χ1v) is 9.67. The Hall–Kier alpha value is -3.55. The van der Waals surface area contributed by atoms with Crippen LogP contribution in [0.15, 0.2) is 66.7 Å². The SMILES string of the molecule is O=C(Nc1cccc2ccccc12)[C@H]1CN(C(=O)O)C[C@@H]1c1ccc(C(F)(F)F)cc1. The van der Waals surface area contributed by atoms with Crippen LogP contribution in [0.5, 0.6) is 0 Å². The summed E-state index contributed by atoms with van der Waals surface area (Å²) < 4.78 is 38.7. The highest BCUT2D eigenvalue weighted by Gasteiger charge is 2.41. The minimum absolute atomic E-state index is 0.0301. The molecule has 0 bridgehead atoms. The second-order valence-corrected chi connectivity index (χ2v) is 7.54. The third kappa shape index (κ3) is 4.19. The van der Waals surface area contributed by atoms with E-state index < -0.39 is 29.7 Å². The van der Waals surface area contributed by atoms with Gasteiger partial charge in [0.25, 0.3) is 0 Å². The number of likely N-dealkylation sites (tertiary alicyclic amines) is 1. The van der Waals surface area contributed by atoms with Crippen LogP contribution in [0.4, 0.5) is 23.7 Å². The predicted octanol–water partition coefficient (Wildman–Crippen LogP) is 5.19. The predicted molar refractivity (Wildman–Crippen MR) is 110 cm³/mol. The van der Waals surface area contributed by atoms with Crippen molar-refractivity contribution in [2.24, 2.45) is 5.92 Å². The van der Waals surface area contributed by atoms with E-state index in [9.17, 15) is 27.9 Å². The molecule has 1 aliphatic rings. The number of amides is 2. The quantitative estimate of drug-likeness (QED) is 0.603. The number of hydrogen-bond donors (Lipinski definition) is 2. The molecule has 2 amide bonds. The van der Waals surface area contributed by atoms with Crippen molar-refractivity contribution in [3.8, 4) is 0 Å². The van der Waals surface area contributed by atoms with E-state index in [4.69, 9.17) is 0 Å². The lowest BCUT2D eigenvalue weighted by Gasteiger charge is -2.19. The summed E-state index contributed by atoms with van der Waals surface area (Å²) in [5, 5.41) is 14.1. The summed E-state index contributed by atoms with van der Waals surface area (Å²) in [7, 11) is 0. The second kappa shape index (κ2) is 7.94. The zero-order valence-corrected chi connectivity index (χ0v) is 16.3. The number of carbonyl (C=O) groups excluding carboxylic acids is 1. The molecule has 8 heteroatoms. The Morgan fingerprint density at radius 1 is 0.935 bits per heavy atom. The van der Waals surface area contributed by atoms with E-state index >= 15 is 0 Å². The topological polar surface area (TPSA) is 69.6 Å². The first-order valence-electron chi connectivity index (χ1n) is 9.67. The molecule has 0 saturated carbocycles. The maximum atomic E-state index is 13.1. The molecule has 1 aliphatic heterocycles. The van der Waals surface area contributed by atoms with Crippen molar-refractivity contribution in [2.75, 3.05) is 18.4 Å². The number of carbonyl (C=O) groups is 2. The Kier molecular flexibility index (Phi) is 5.31. The minimum Gasteiger partial charge on any atom is -0.465 e. The number of nitrogens with zero attached hydrogens (tertiary/aromatic N) is 1. The van der Waals surface area contributed by atoms with Crippen molar-refractivity contribution in [2.45, 2.75) is 12.1 Å². The Labute approximate surface area is 176 Å². The van der Waals surface area contributed by atoms with Crippen LogP contribution in [0.1, 0.15) is 17.0 Å². The van der Waals surface area contributed by atoms with Crippen LogP contribution >= 0.6 is 0 Å². The summed E-state index contributed by atoms with van der Waals surface area (Å²) >= 11 is 0. The Bertz CT molecular complexity index is 1120. The van der Waals surface area contributed by atoms with Gasteiger partial charge in [-0.25, -0.2) is 4.79 Å². The van der Waals surface area contributed by atoms with E-state index in [1.165, 1.54) is 12.1 Å². The molecule has 3 aromatic carbocycles. The molecule has 160 valence electrons. The molecule has 31 heavy (non-hydrogen) atoms. The largest absolute Gasteiger partial charge is 0.465 e. The molecule has 2 N–H and O–H groups in total. The van der Waals surface area contributed by atoms with Crippen LogP contribution in [0.25, 0.3) is 10.8 Å². The van der Waals surface area contributed by atoms with Gasteiger partial charge >= 0.3 is 12.3 Å². The molecular weight excluding hydrogens is 409 g/mol. The summed E-state index contributed by atoms with van der Waals surface area (Å²) in [5.74, 6) is -1.65. The maximum Gasteiger partial charge on any atom is 0.416 e. The summed E-state index contributed by atoms with van der Waals surface area (Å²) in [6.07, 6.45) is -5.63. The van der Waals surface area contributed by atoms with Gasteiger partial charge in [-0.15, -0.1) is 0 Å². The number of anilines is 1. The molecule has 0 aromatic heterocycles. The lowest BCUT2D eigenvalue weighted by molar-refractivity contribution is -0.137. The molecule has 0 radical (unpaired) electrons. The zero-order chi connectivity index (χ0) is 22.2. The van der Waals surface area contributed by atoms with Crippen molar-refractivity contribution < 1.29 is 27.9 Å². The number of rotatable bonds is 3. The van der Waals surface area contributed by atoms with E-state index in [-0.39, 0.29) is 19.0 Å². The highest BCUT2D eigenvalue weighted by atomic mass is 19.4. The van der Waals surface area contributed by atoms with Crippen LogP contribution in [-0.4, -0.2) is 35.1 Å². The molecule has 3 aromatic rings. The minimum atomic E-state index is -4.47. The number of benzene rings is 3. The van der Waals surface area contributed by atoms with Gasteiger partial charge in [0, 0.05) is 30.1 Å². The first-order chi connectivity index (χ1) is 14.7. The number of hydrogen-bond acceptors (Lipinski definition) is 2. The third-order valence-electron chi connectivity index (χ3n) is 5.64. The average molecular weight is 428 g/mol. The fourth-order valence-electron chi connectivity index (χ4n) is 4.04. The van der Waals surface area contributed by atoms with Gasteiger partial charge in [0.15, 0.2) is 0 Å². The van der Waals surface area contributed by atoms with Crippen LogP contribution in [-0.2, 0) is 11.0 Å². The Morgan fingerprint density at radius 2 is 1.61 bits per heavy atom. The van der Waals surface area contributed by atoms with E-state index in [0.29, 0.717) is 11.3 Å². The van der Waals surface area contributed by atoms with Crippen molar-refractivity contribution in [1.82, 2.24) is 4.90 Å². The normalized spacial score (nSPS) is 18.9. The van der Waals surface area contributed by atoms with Crippen molar-refractivity contribution >= 4 is 28.5 Å². The lowest BCUT2D eigenvalue weighted by atomic mass is 9.87. The summed E-state index contributed by atoms with van der Waals surface area (Å²) in [5.41, 5.74) is 0.305. The maximum absolute atomic E-state index is 13.1. The van der Waals surface area contributed by atoms with Gasteiger partial charge in [-0.05, 0) is 29.1 Å². The Balaban J connectivity index is 1.62. The fraction of sp³-hybridized carbons (Fsp3) is 0.217. The van der Waals surface area contributed by atoms with Gasteiger partial charge < -0.3 is 15.3 Å². The monoisotopic (exact) mass is 428 g/mol. The molecule has 0 unspecified atom stereocenters. The van der Waals surface area contributed by atoms with Gasteiger partial charge in [-0.2, -0.15) is 13.2 Å². The number of alkyl halides is 3. The second-order valence-electron chi connectivity index (χ2n) is 7.54. The molecule has 2 atom stereocenters. The van der Waals surface area contributed by atoms with Crippen molar-refractivity contribution in [3.05, 3.63) is 77.9 Å². The molecule has 1 heterocycles. The molecular formula is C23H19F3N2O3. The van der Waals surface area contributed by atoms with Crippen LogP contribution in [0.2, 0.25) is 0 Å². The van der Waals surface area contributed by atoms with E-state index in [2.05, 4.69) is 5.32 Å². The molecule has 4 rings (SSSR count). The number of carboxylic acid groups (broad SMARTS) is 1. The summed E-state index contributed by atoms with van der Waals surface area (Å²) in [6, 6.07) is 17.6. The summed E-state index contributed by atoms with van der Waals surface area (Å²) in [6.45, 7) is 0.00590. The average Bonchev–Trinajstić information content (AvgIpc) is 3.20. The molecule has 5 nitrogen and oxygen atoms in total. The van der Waals surface area contributed by atoms with Crippen LogP contribution in [0, 0.1) is 5.92 Å². The highest BCUT2D eigenvalue weighted by molar-refractivity contribution is 6.03. The molecule has 0 aliphatic carbocycles. The standard InChI is InChI=1S/C23H19F3N2O3/c24-23(25,26)16-10-8-15(9-11-16)18-12-28(22(30)31)13-19(18)21(29)27-20-7-3-5-14-4-1-2-6-17(14)20/h1-11,18-19H,12-13H2,(H,27,29)(H,30,31)/t18-,19+/m1/s1. The van der Waals surface area contributed by atoms with Crippen LogP contribution in [0.3, 0.4) is 0 Å². The zero-order valence-electron chi connectivity index (χ0n) is 16.3. The number of halogens is 3. The van der Waals surface area contributed by atoms with Crippen LogP contribution < -0.4 is 5.32 Å². The van der Waals surface area contributed by atoms with Gasteiger partial charge in [0.1, 0.15) is 0 Å². The molecule has 0 spiro atoms. The van der Waals surface area contributed by atoms with Gasteiger partial charge in [0.2, 0.25) is 5.91 Å². The highest BCUT2D eigenvalue weighted by Crippen LogP contribution is 2.36. The van der Waals surface area contributed by atoms with Crippen molar-refractivity contribution in [3.63, 3.8) is 0 Å². The number of nitrogens with one attached hydrogen (secondary N) is 1. The van der Waals surface area contributed by atoms with Crippen molar-refractivity contribution in [1.29, 1.82) is 0 Å². The Morgan fingerprint density at radius 3 is 2.29 bits per heavy atom. The van der Waals surface area contributed by atoms with Gasteiger partial charge in [-0.1, -0.05) is 48.5 Å². The van der Waals surface area contributed by atoms with E-state index in [1.54, 1.807) is 6.07 Å². The van der Waals surface area contributed by atoms with Gasteiger partial charge in [0.05, 0.1) is 11.5 Å². The fourth-order valence-corrected chi connectivity index (χ4v) is 4.04. The molecule has 1 saturated heterocycles. The first kappa shape index (κ1) is 20.7. The number of fused-ring (bicyclic) bond motifs is 1. The van der Waals surface area contributed by atoms with Gasteiger partial charge in [-0.3, -0.25) is 4.79 Å². The van der Waals surface area contributed by atoms with E-state index in [1.807, 2.05) is 36.4 Å². The summed E-state index contributed by atoms with van der Waals surface area (Å²) in [4.78, 5) is 25.8.